The van der Waals surface area contributed by atoms with E-state index in [2.05, 4.69) is 93.7 Å². The van der Waals surface area contributed by atoms with Crippen LogP contribution in [0.3, 0.4) is 0 Å². The highest BCUT2D eigenvalue weighted by Crippen LogP contribution is 2.36. The average molecular weight is 740 g/mol. The Hall–Kier alpha value is -5.41. The van der Waals surface area contributed by atoms with Crippen LogP contribution >= 0.6 is 0 Å². The molecule has 4 aromatic rings. The van der Waals surface area contributed by atoms with Crippen molar-refractivity contribution in [1.29, 1.82) is 0 Å². The molecule has 0 aromatic heterocycles. The van der Waals surface area contributed by atoms with E-state index in [1.165, 1.54) is 45.7 Å². The number of hydrogen-bond acceptors (Lipinski definition) is 7. The molecule has 3 saturated heterocycles. The second-order valence-corrected chi connectivity index (χ2v) is 15.2. The number of allylic oxidation sites excluding steroid dienone is 1. The van der Waals surface area contributed by atoms with E-state index in [1.54, 1.807) is 19.2 Å². The van der Waals surface area contributed by atoms with Gasteiger partial charge in [0.2, 0.25) is 17.7 Å². The number of amides is 3. The third-order valence-electron chi connectivity index (χ3n) is 11.7. The monoisotopic (exact) mass is 739 g/mol. The van der Waals surface area contributed by atoms with E-state index < -0.39 is 11.9 Å². The van der Waals surface area contributed by atoms with E-state index in [0.717, 1.165) is 69.0 Å². The number of imide groups is 1. The number of piperidine rings is 2. The van der Waals surface area contributed by atoms with Crippen molar-refractivity contribution in [1.82, 2.24) is 15.1 Å². The standard InChI is InChI=1S/C46H53N5O4/c1-3-41(35-9-5-4-6-10-35)45(37-14-18-40(52)19-15-37)36-12-16-38(17-13-36)50-24-22-33(23-25-50)32-49-26-28-51(29-27-49)39-11-7-8-34(30-39)31-44(54)48(2)42-20-21-43(53)47-46(42)55/h4-19,30,33,42,52H,3,20-29,31-32H2,1-2H3,(H,47,53,55)/b45-41+. The van der Waals surface area contributed by atoms with Crippen LogP contribution in [0.25, 0.3) is 11.1 Å². The highest BCUT2D eigenvalue weighted by atomic mass is 16.3. The SMILES string of the molecule is CC/C(=C(\c1ccc(O)cc1)c1ccc(N2CCC(CN3CCN(c4cccc(CC(=O)N(C)C5CCC(=O)NC5=O)c4)CC3)CC2)cc1)c1ccccc1. The van der Waals surface area contributed by atoms with E-state index in [-0.39, 0.29) is 30.4 Å². The second-order valence-electron chi connectivity index (χ2n) is 15.2. The van der Waals surface area contributed by atoms with Gasteiger partial charge in [0.15, 0.2) is 0 Å². The van der Waals surface area contributed by atoms with Gasteiger partial charge < -0.3 is 19.8 Å². The van der Waals surface area contributed by atoms with Crippen molar-refractivity contribution in [3.63, 3.8) is 0 Å². The van der Waals surface area contributed by atoms with Crippen molar-refractivity contribution in [3.8, 4) is 5.75 Å². The summed E-state index contributed by atoms with van der Waals surface area (Å²) in [6.45, 7) is 9.37. The number of rotatable bonds is 11. The van der Waals surface area contributed by atoms with Crippen LogP contribution in [0.2, 0.25) is 0 Å². The van der Waals surface area contributed by atoms with Crippen LogP contribution in [0.5, 0.6) is 5.75 Å². The van der Waals surface area contributed by atoms with Gasteiger partial charge in [-0.3, -0.25) is 24.6 Å². The molecule has 7 rings (SSSR count). The van der Waals surface area contributed by atoms with Crippen molar-refractivity contribution >= 4 is 40.2 Å². The minimum atomic E-state index is -0.603. The lowest BCUT2D eigenvalue weighted by molar-refractivity contribution is -0.144. The van der Waals surface area contributed by atoms with E-state index in [1.807, 2.05) is 24.3 Å². The maximum Gasteiger partial charge on any atom is 0.249 e. The Balaban J connectivity index is 0.907. The molecule has 3 amide bonds. The number of carbonyl (C=O) groups excluding carboxylic acids is 3. The first kappa shape index (κ1) is 37.9. The Morgan fingerprint density at radius 2 is 1.40 bits per heavy atom. The molecular formula is C46H53N5O4. The zero-order valence-electron chi connectivity index (χ0n) is 32.1. The molecule has 0 radical (unpaired) electrons. The summed E-state index contributed by atoms with van der Waals surface area (Å²) in [6.07, 6.45) is 4.09. The van der Waals surface area contributed by atoms with Crippen LogP contribution in [-0.2, 0) is 20.8 Å². The maximum absolute atomic E-state index is 13.1. The normalized spacial score (nSPS) is 18.8. The molecule has 3 aliphatic heterocycles. The van der Waals surface area contributed by atoms with Crippen molar-refractivity contribution < 1.29 is 19.5 Å². The number of nitrogens with zero attached hydrogens (tertiary/aromatic N) is 4. The zero-order valence-corrected chi connectivity index (χ0v) is 32.1. The van der Waals surface area contributed by atoms with Crippen LogP contribution in [0, 0.1) is 5.92 Å². The number of hydrogen-bond donors (Lipinski definition) is 2. The molecule has 1 atom stereocenters. The van der Waals surface area contributed by atoms with Crippen LogP contribution in [0.1, 0.15) is 61.3 Å². The van der Waals surface area contributed by atoms with Gasteiger partial charge in [0.1, 0.15) is 11.8 Å². The minimum absolute atomic E-state index is 0.124. The van der Waals surface area contributed by atoms with Crippen molar-refractivity contribution in [2.45, 2.75) is 51.5 Å². The van der Waals surface area contributed by atoms with Gasteiger partial charge in [-0.25, -0.2) is 0 Å². The third kappa shape index (κ3) is 9.11. The third-order valence-corrected chi connectivity index (χ3v) is 11.7. The molecule has 4 aromatic carbocycles. The number of piperazine rings is 1. The van der Waals surface area contributed by atoms with Gasteiger partial charge in [0.05, 0.1) is 6.42 Å². The van der Waals surface area contributed by atoms with E-state index in [4.69, 9.17) is 0 Å². The quantitative estimate of drug-likeness (QED) is 0.132. The number of likely N-dealkylation sites (N-methyl/N-ethyl adjacent to an activating group) is 1. The van der Waals surface area contributed by atoms with Crippen LogP contribution in [0.4, 0.5) is 11.4 Å². The van der Waals surface area contributed by atoms with Crippen LogP contribution in [0.15, 0.2) is 103 Å². The first-order chi connectivity index (χ1) is 26.7. The van der Waals surface area contributed by atoms with Crippen molar-refractivity contribution in [2.75, 3.05) is 62.7 Å². The molecule has 3 heterocycles. The van der Waals surface area contributed by atoms with Gasteiger partial charge in [-0.05, 0) is 101 Å². The molecule has 3 aliphatic rings. The summed E-state index contributed by atoms with van der Waals surface area (Å²) in [5.74, 6) is 0.156. The van der Waals surface area contributed by atoms with Gasteiger partial charge in [-0.15, -0.1) is 0 Å². The molecule has 0 bridgehead atoms. The lowest BCUT2D eigenvalue weighted by Gasteiger charge is -2.40. The predicted molar refractivity (Wildman–Crippen MR) is 220 cm³/mol. The summed E-state index contributed by atoms with van der Waals surface area (Å²) in [6, 6.07) is 34.8. The molecule has 55 heavy (non-hydrogen) atoms. The van der Waals surface area contributed by atoms with Crippen molar-refractivity contribution in [3.05, 3.63) is 125 Å². The summed E-state index contributed by atoms with van der Waals surface area (Å²) in [7, 11) is 1.65. The predicted octanol–water partition coefficient (Wildman–Crippen LogP) is 6.61. The van der Waals surface area contributed by atoms with Gasteiger partial charge in [-0.2, -0.15) is 0 Å². The topological polar surface area (TPSA) is 96.4 Å². The fraction of sp³-hybridized carbons (Fsp3) is 0.370. The lowest BCUT2D eigenvalue weighted by Crippen LogP contribution is -2.53. The van der Waals surface area contributed by atoms with Gasteiger partial charge in [0.25, 0.3) is 0 Å². The van der Waals surface area contributed by atoms with E-state index in [9.17, 15) is 19.5 Å². The molecule has 1 unspecified atom stereocenters. The molecule has 0 saturated carbocycles. The number of carbonyl (C=O) groups is 3. The average Bonchev–Trinajstić information content (AvgIpc) is 3.21. The number of phenolic OH excluding ortho intramolecular Hbond substituents is 1. The molecule has 2 N–H and O–H groups in total. The summed E-state index contributed by atoms with van der Waals surface area (Å²) in [4.78, 5) is 45.9. The highest BCUT2D eigenvalue weighted by Gasteiger charge is 2.32. The summed E-state index contributed by atoms with van der Waals surface area (Å²) in [5.41, 5.74) is 9.32. The van der Waals surface area contributed by atoms with Crippen molar-refractivity contribution in [2.24, 2.45) is 5.92 Å². The first-order valence-corrected chi connectivity index (χ1v) is 19.8. The molecule has 9 heteroatoms. The number of benzene rings is 4. The number of anilines is 2. The highest BCUT2D eigenvalue weighted by molar-refractivity contribution is 6.02. The number of aromatic hydroxyl groups is 1. The molecule has 9 nitrogen and oxygen atoms in total. The van der Waals surface area contributed by atoms with Gasteiger partial charge in [0, 0.05) is 70.7 Å². The zero-order chi connectivity index (χ0) is 38.3. The van der Waals surface area contributed by atoms with Crippen LogP contribution in [-0.4, -0.2) is 91.5 Å². The summed E-state index contributed by atoms with van der Waals surface area (Å²) >= 11 is 0. The Labute approximate surface area is 325 Å². The molecule has 3 fully saturated rings. The Bertz CT molecular complexity index is 1980. The Kier molecular flexibility index (Phi) is 12.0. The first-order valence-electron chi connectivity index (χ1n) is 19.8. The largest absolute Gasteiger partial charge is 0.508 e. The van der Waals surface area contributed by atoms with Crippen LogP contribution < -0.4 is 15.1 Å². The van der Waals surface area contributed by atoms with E-state index in [0.29, 0.717) is 12.3 Å². The Morgan fingerprint density at radius 1 is 0.745 bits per heavy atom. The fourth-order valence-corrected chi connectivity index (χ4v) is 8.46. The lowest BCUT2D eigenvalue weighted by atomic mass is 9.88. The summed E-state index contributed by atoms with van der Waals surface area (Å²) < 4.78 is 0. The second kappa shape index (κ2) is 17.4. The number of phenols is 1. The minimum Gasteiger partial charge on any atom is -0.508 e. The maximum atomic E-state index is 13.1. The summed E-state index contributed by atoms with van der Waals surface area (Å²) in [5, 5.41) is 12.3. The van der Waals surface area contributed by atoms with Gasteiger partial charge >= 0.3 is 0 Å². The number of nitrogens with one attached hydrogen (secondary N) is 1. The molecule has 0 spiro atoms. The fourth-order valence-electron chi connectivity index (χ4n) is 8.46. The smallest absolute Gasteiger partial charge is 0.249 e. The van der Waals surface area contributed by atoms with E-state index >= 15 is 0 Å². The molecular weight excluding hydrogens is 687 g/mol. The Morgan fingerprint density at radius 3 is 2.05 bits per heavy atom. The van der Waals surface area contributed by atoms with Gasteiger partial charge in [-0.1, -0.05) is 73.7 Å². The molecule has 286 valence electrons. The molecule has 0 aliphatic carbocycles.